The minimum absolute atomic E-state index is 0.268. The molecule has 2 heterocycles. The van der Waals surface area contributed by atoms with E-state index >= 15 is 0 Å². The summed E-state index contributed by atoms with van der Waals surface area (Å²) in [5, 5.41) is 7.65. The average molecular weight is 385 g/mol. The van der Waals surface area contributed by atoms with Crippen molar-refractivity contribution in [3.05, 3.63) is 90.3 Å². The topological polar surface area (TPSA) is 81.9 Å². The first kappa shape index (κ1) is 18.4. The summed E-state index contributed by atoms with van der Waals surface area (Å²) >= 11 is 0. The normalized spacial score (nSPS) is 10.5. The van der Waals surface area contributed by atoms with Crippen LogP contribution >= 0.6 is 0 Å². The van der Waals surface area contributed by atoms with E-state index in [1.807, 2.05) is 48.5 Å². The third-order valence-corrected chi connectivity index (χ3v) is 4.37. The molecule has 0 fully saturated rings. The highest BCUT2D eigenvalue weighted by molar-refractivity contribution is 5.97. The first-order valence-corrected chi connectivity index (χ1v) is 9.09. The molecule has 4 aromatic rings. The smallest absolute Gasteiger partial charge is 0.281 e. The van der Waals surface area contributed by atoms with Crippen LogP contribution in [0, 0.1) is 0 Å². The monoisotopic (exact) mass is 385 g/mol. The quantitative estimate of drug-likeness (QED) is 0.546. The molecule has 0 bridgehead atoms. The highest BCUT2D eigenvalue weighted by Gasteiger charge is 2.19. The lowest BCUT2D eigenvalue weighted by atomic mass is 10.2. The lowest BCUT2D eigenvalue weighted by Crippen LogP contribution is -2.17. The number of para-hydroxylation sites is 1. The fourth-order valence-electron chi connectivity index (χ4n) is 2.91. The van der Waals surface area contributed by atoms with Crippen molar-refractivity contribution < 1.29 is 9.53 Å². The highest BCUT2D eigenvalue weighted by atomic mass is 16.5. The molecular formula is C22H19N5O2. The molecular weight excluding hydrogens is 366 g/mol. The molecule has 1 N–H and O–H groups in total. The van der Waals surface area contributed by atoms with E-state index in [-0.39, 0.29) is 5.91 Å². The number of hydrogen-bond acceptors (Lipinski definition) is 6. The summed E-state index contributed by atoms with van der Waals surface area (Å²) in [5.41, 5.74) is 2.20. The van der Waals surface area contributed by atoms with Crippen LogP contribution in [0.25, 0.3) is 11.4 Å². The predicted molar refractivity (Wildman–Crippen MR) is 110 cm³/mol. The van der Waals surface area contributed by atoms with Crippen molar-refractivity contribution >= 4 is 11.9 Å². The number of methoxy groups -OCH3 is 1. The van der Waals surface area contributed by atoms with Gasteiger partial charge in [0.05, 0.1) is 7.11 Å². The Morgan fingerprint density at radius 3 is 2.59 bits per heavy atom. The first-order chi connectivity index (χ1) is 14.3. The van der Waals surface area contributed by atoms with E-state index < -0.39 is 0 Å². The van der Waals surface area contributed by atoms with Crippen molar-refractivity contribution in [1.29, 1.82) is 0 Å². The van der Waals surface area contributed by atoms with Gasteiger partial charge in [0.2, 0.25) is 5.95 Å². The summed E-state index contributed by atoms with van der Waals surface area (Å²) in [4.78, 5) is 21.7. The van der Waals surface area contributed by atoms with Crippen molar-refractivity contribution in [2.75, 3.05) is 12.4 Å². The number of carbonyl (C=O) groups is 1. The Labute approximate surface area is 168 Å². The number of hydrogen-bond donors (Lipinski definition) is 1. The lowest BCUT2D eigenvalue weighted by molar-refractivity contribution is 0.0947. The van der Waals surface area contributed by atoms with Crippen LogP contribution in [-0.4, -0.2) is 32.8 Å². The fourth-order valence-corrected chi connectivity index (χ4v) is 2.91. The zero-order valence-electron chi connectivity index (χ0n) is 15.8. The van der Waals surface area contributed by atoms with E-state index in [0.717, 1.165) is 16.9 Å². The summed E-state index contributed by atoms with van der Waals surface area (Å²) in [5.74, 6) is 1.26. The molecule has 29 heavy (non-hydrogen) atoms. The second-order valence-electron chi connectivity index (χ2n) is 6.25. The van der Waals surface area contributed by atoms with Gasteiger partial charge in [-0.1, -0.05) is 36.4 Å². The molecule has 144 valence electrons. The summed E-state index contributed by atoms with van der Waals surface area (Å²) in [6.45, 7) is 0.428. The number of benzene rings is 2. The third kappa shape index (κ3) is 3.98. The van der Waals surface area contributed by atoms with Crippen LogP contribution < -0.4 is 10.1 Å². The molecule has 0 aliphatic carbocycles. The van der Waals surface area contributed by atoms with Crippen molar-refractivity contribution in [2.24, 2.45) is 0 Å². The van der Waals surface area contributed by atoms with Crippen LogP contribution in [0.1, 0.15) is 15.9 Å². The van der Waals surface area contributed by atoms with Crippen molar-refractivity contribution in [3.63, 3.8) is 0 Å². The fraction of sp³-hybridized carbons (Fsp3) is 0.0909. The standard InChI is InChI=1S/C22H19N5O2/c1-29-19-12-6-5-10-17(19)15-24-22-25-20(18-11-7-13-23-14-18)26-27(22)21(28)16-8-3-2-4-9-16/h2-14H,15H2,1H3,(H,24,25,26). The molecule has 0 amide bonds. The molecule has 2 aromatic heterocycles. The average Bonchev–Trinajstić information content (AvgIpc) is 3.23. The van der Waals surface area contributed by atoms with Gasteiger partial charge in [0, 0.05) is 35.6 Å². The van der Waals surface area contributed by atoms with Crippen molar-refractivity contribution in [3.8, 4) is 17.1 Å². The number of ether oxygens (including phenoxy) is 1. The third-order valence-electron chi connectivity index (χ3n) is 4.37. The SMILES string of the molecule is COc1ccccc1CNc1nc(-c2cccnc2)nn1C(=O)c1ccccc1. The number of nitrogens with zero attached hydrogens (tertiary/aromatic N) is 4. The molecule has 0 spiro atoms. The van der Waals surface area contributed by atoms with Gasteiger partial charge in [-0.25, -0.2) is 0 Å². The van der Waals surface area contributed by atoms with Gasteiger partial charge in [-0.05, 0) is 30.3 Å². The van der Waals surface area contributed by atoms with E-state index in [1.54, 1.807) is 37.7 Å². The lowest BCUT2D eigenvalue weighted by Gasteiger charge is -2.10. The van der Waals surface area contributed by atoms with E-state index in [4.69, 9.17) is 4.74 Å². The molecule has 2 aromatic carbocycles. The van der Waals surface area contributed by atoms with Gasteiger partial charge in [-0.15, -0.1) is 5.10 Å². The Balaban J connectivity index is 1.69. The van der Waals surface area contributed by atoms with Crippen molar-refractivity contribution in [2.45, 2.75) is 6.54 Å². The molecule has 7 nitrogen and oxygen atoms in total. The maximum absolute atomic E-state index is 13.0. The van der Waals surface area contributed by atoms with Crippen LogP contribution in [0.2, 0.25) is 0 Å². The molecule has 0 aliphatic rings. The maximum atomic E-state index is 13.0. The molecule has 0 unspecified atom stereocenters. The summed E-state index contributed by atoms with van der Waals surface area (Å²) in [6, 6.07) is 20.3. The predicted octanol–water partition coefficient (Wildman–Crippen LogP) is 3.65. The number of nitrogens with one attached hydrogen (secondary N) is 1. The van der Waals surface area contributed by atoms with Gasteiger partial charge in [-0.2, -0.15) is 9.67 Å². The molecule has 0 radical (unpaired) electrons. The van der Waals surface area contributed by atoms with Crippen LogP contribution in [0.5, 0.6) is 5.75 Å². The van der Waals surface area contributed by atoms with Gasteiger partial charge >= 0.3 is 0 Å². The maximum Gasteiger partial charge on any atom is 0.281 e. The Hall–Kier alpha value is -4.00. The second-order valence-corrected chi connectivity index (χ2v) is 6.25. The Morgan fingerprint density at radius 2 is 1.83 bits per heavy atom. The Morgan fingerprint density at radius 1 is 1.03 bits per heavy atom. The largest absolute Gasteiger partial charge is 0.496 e. The number of anilines is 1. The minimum Gasteiger partial charge on any atom is -0.496 e. The van der Waals surface area contributed by atoms with E-state index in [1.165, 1.54) is 4.68 Å². The van der Waals surface area contributed by atoms with E-state index in [2.05, 4.69) is 20.4 Å². The summed E-state index contributed by atoms with van der Waals surface area (Å²) in [6.07, 6.45) is 3.34. The highest BCUT2D eigenvalue weighted by Crippen LogP contribution is 2.21. The van der Waals surface area contributed by atoms with Crippen LogP contribution in [0.15, 0.2) is 79.1 Å². The van der Waals surface area contributed by atoms with E-state index in [0.29, 0.717) is 23.9 Å². The number of aromatic nitrogens is 4. The van der Waals surface area contributed by atoms with Crippen LogP contribution in [-0.2, 0) is 6.54 Å². The molecule has 0 saturated carbocycles. The Kier molecular flexibility index (Phi) is 5.29. The molecule has 4 rings (SSSR count). The summed E-state index contributed by atoms with van der Waals surface area (Å²) in [7, 11) is 1.63. The van der Waals surface area contributed by atoms with Gasteiger partial charge in [0.15, 0.2) is 5.82 Å². The zero-order chi connectivity index (χ0) is 20.1. The van der Waals surface area contributed by atoms with Crippen LogP contribution in [0.3, 0.4) is 0 Å². The van der Waals surface area contributed by atoms with Gasteiger partial charge in [0.25, 0.3) is 5.91 Å². The second kappa shape index (κ2) is 8.35. The molecule has 7 heteroatoms. The first-order valence-electron chi connectivity index (χ1n) is 9.09. The minimum atomic E-state index is -0.268. The molecule has 0 aliphatic heterocycles. The number of carbonyl (C=O) groups excluding carboxylic acids is 1. The van der Waals surface area contributed by atoms with Gasteiger partial charge < -0.3 is 10.1 Å². The summed E-state index contributed by atoms with van der Waals surface area (Å²) < 4.78 is 6.68. The Bertz CT molecular complexity index is 1110. The van der Waals surface area contributed by atoms with Crippen molar-refractivity contribution in [1.82, 2.24) is 19.7 Å². The van der Waals surface area contributed by atoms with Crippen LogP contribution in [0.4, 0.5) is 5.95 Å². The van der Waals surface area contributed by atoms with Gasteiger partial charge in [0.1, 0.15) is 5.75 Å². The zero-order valence-corrected chi connectivity index (χ0v) is 15.8. The van der Waals surface area contributed by atoms with Gasteiger partial charge in [-0.3, -0.25) is 9.78 Å². The molecule has 0 atom stereocenters. The number of rotatable bonds is 6. The molecule has 0 saturated heterocycles. The van der Waals surface area contributed by atoms with E-state index in [9.17, 15) is 4.79 Å². The number of pyridine rings is 1.